The second-order valence-corrected chi connectivity index (χ2v) is 9.46. The average molecular weight is 491 g/mol. The first-order valence-electron chi connectivity index (χ1n) is 10.4. The molecule has 0 spiro atoms. The topological polar surface area (TPSA) is 119 Å². The molecule has 2 aliphatic rings. The summed E-state index contributed by atoms with van der Waals surface area (Å²) < 4.78 is 5.34. The lowest BCUT2D eigenvalue weighted by Crippen LogP contribution is -2.35. The Kier molecular flexibility index (Phi) is 7.84. The van der Waals surface area contributed by atoms with Gasteiger partial charge in [-0.15, -0.1) is 0 Å². The number of ether oxygens (including phenoxy) is 1. The number of halogens is 2. The highest BCUT2D eigenvalue weighted by atomic mass is 35.5. The fourth-order valence-electron chi connectivity index (χ4n) is 3.23. The number of carbonyl (C=O) groups excluding carboxylic acids is 1. The summed E-state index contributed by atoms with van der Waals surface area (Å²) in [7, 11) is 0. The van der Waals surface area contributed by atoms with E-state index < -0.39 is 5.60 Å². The van der Waals surface area contributed by atoms with Crippen LogP contribution in [0.5, 0.6) is 0 Å². The SMILES string of the molecule is CC(C)(C)OC(=O)N1CC=C(c2ncc(N)cc2Cl)C1.Nc1cnc(C2=CCNC2)c(Cl)c1. The van der Waals surface area contributed by atoms with Gasteiger partial charge >= 0.3 is 6.09 Å². The third-order valence-corrected chi connectivity index (χ3v) is 5.29. The second-order valence-electron chi connectivity index (χ2n) is 8.65. The van der Waals surface area contributed by atoms with E-state index in [0.717, 1.165) is 29.9 Å². The number of amides is 1. The highest BCUT2D eigenvalue weighted by Gasteiger charge is 2.26. The van der Waals surface area contributed by atoms with Crippen LogP contribution in [0.25, 0.3) is 11.1 Å². The van der Waals surface area contributed by atoms with Crippen LogP contribution in [-0.2, 0) is 4.74 Å². The van der Waals surface area contributed by atoms with E-state index in [0.29, 0.717) is 40.2 Å². The van der Waals surface area contributed by atoms with Gasteiger partial charge in [0, 0.05) is 19.6 Å². The van der Waals surface area contributed by atoms with Crippen molar-refractivity contribution in [1.29, 1.82) is 0 Å². The number of anilines is 2. The lowest BCUT2D eigenvalue weighted by Gasteiger charge is -2.24. The van der Waals surface area contributed by atoms with Crippen molar-refractivity contribution in [2.24, 2.45) is 0 Å². The van der Waals surface area contributed by atoms with E-state index in [1.54, 1.807) is 29.4 Å². The standard InChI is InChI=1S/C14H18ClN3O2.C9H10ClN3/c1-14(2,3)20-13(19)18-5-4-9(8-18)12-11(15)6-10(16)7-17-12;10-8-3-7(11)5-13-9(8)6-1-2-12-4-6/h4,6-7H,5,8,16H2,1-3H3;1,3,5,12H,2,4,11H2. The Morgan fingerprint density at radius 3 is 2.09 bits per heavy atom. The van der Waals surface area contributed by atoms with Crippen LogP contribution in [-0.4, -0.2) is 52.7 Å². The van der Waals surface area contributed by atoms with Gasteiger partial charge in [-0.2, -0.15) is 0 Å². The number of pyridine rings is 2. The maximum absolute atomic E-state index is 12.0. The number of carbonyl (C=O) groups is 1. The number of aromatic nitrogens is 2. The summed E-state index contributed by atoms with van der Waals surface area (Å²) >= 11 is 12.1. The van der Waals surface area contributed by atoms with Crippen molar-refractivity contribution in [3.05, 3.63) is 58.1 Å². The van der Waals surface area contributed by atoms with Crippen LogP contribution in [0.3, 0.4) is 0 Å². The predicted octanol–water partition coefficient (Wildman–Crippen LogP) is 4.26. The molecule has 176 valence electrons. The summed E-state index contributed by atoms with van der Waals surface area (Å²) in [6, 6.07) is 3.38. The van der Waals surface area contributed by atoms with Gasteiger partial charge in [-0.3, -0.25) is 9.97 Å². The minimum Gasteiger partial charge on any atom is -0.444 e. The highest BCUT2D eigenvalue weighted by molar-refractivity contribution is 6.32. The molecule has 0 bridgehead atoms. The van der Waals surface area contributed by atoms with Crippen LogP contribution in [0.1, 0.15) is 32.2 Å². The minimum atomic E-state index is -0.503. The molecule has 33 heavy (non-hydrogen) atoms. The van der Waals surface area contributed by atoms with Gasteiger partial charge in [0.1, 0.15) is 5.60 Å². The van der Waals surface area contributed by atoms with E-state index in [-0.39, 0.29) is 6.09 Å². The Balaban J connectivity index is 0.000000203. The van der Waals surface area contributed by atoms with Crippen LogP contribution in [0.4, 0.5) is 16.2 Å². The number of hydrogen-bond acceptors (Lipinski definition) is 7. The minimum absolute atomic E-state index is 0.338. The first kappa shape index (κ1) is 24.8. The van der Waals surface area contributed by atoms with Gasteiger partial charge in [-0.1, -0.05) is 35.4 Å². The van der Waals surface area contributed by atoms with Gasteiger partial charge in [0.2, 0.25) is 0 Å². The lowest BCUT2D eigenvalue weighted by molar-refractivity contribution is 0.0306. The summed E-state index contributed by atoms with van der Waals surface area (Å²) in [6.45, 7) is 8.17. The van der Waals surface area contributed by atoms with Crippen LogP contribution >= 0.6 is 23.2 Å². The number of nitrogens with zero attached hydrogens (tertiary/aromatic N) is 3. The van der Waals surface area contributed by atoms with Crippen LogP contribution in [0, 0.1) is 0 Å². The number of hydrogen-bond donors (Lipinski definition) is 3. The van der Waals surface area contributed by atoms with Crippen LogP contribution < -0.4 is 16.8 Å². The number of nitrogens with one attached hydrogen (secondary N) is 1. The normalized spacial score (nSPS) is 15.5. The van der Waals surface area contributed by atoms with Gasteiger partial charge in [-0.05, 0) is 44.1 Å². The van der Waals surface area contributed by atoms with E-state index in [4.69, 9.17) is 39.4 Å². The van der Waals surface area contributed by atoms with E-state index in [9.17, 15) is 4.79 Å². The molecule has 0 saturated heterocycles. The molecule has 5 N–H and O–H groups in total. The Labute approximate surface area is 203 Å². The van der Waals surface area contributed by atoms with Crippen molar-refractivity contribution in [3.8, 4) is 0 Å². The zero-order valence-electron chi connectivity index (χ0n) is 18.9. The van der Waals surface area contributed by atoms with Gasteiger partial charge in [-0.25, -0.2) is 4.79 Å². The van der Waals surface area contributed by atoms with Gasteiger partial charge in [0.05, 0.1) is 51.7 Å². The number of nitrogen functional groups attached to an aromatic ring is 2. The molecule has 10 heteroatoms. The van der Waals surface area contributed by atoms with Crippen LogP contribution in [0.2, 0.25) is 10.0 Å². The maximum atomic E-state index is 12.0. The molecular formula is C23H28Cl2N6O2. The zero-order chi connectivity index (χ0) is 24.2. The van der Waals surface area contributed by atoms with Crippen molar-refractivity contribution in [1.82, 2.24) is 20.2 Å². The van der Waals surface area contributed by atoms with Crippen molar-refractivity contribution >= 4 is 51.8 Å². The van der Waals surface area contributed by atoms with Crippen molar-refractivity contribution in [2.75, 3.05) is 37.6 Å². The molecule has 0 aliphatic carbocycles. The predicted molar refractivity (Wildman–Crippen MR) is 134 cm³/mol. The molecule has 8 nitrogen and oxygen atoms in total. The molecule has 2 aromatic heterocycles. The highest BCUT2D eigenvalue weighted by Crippen LogP contribution is 2.28. The van der Waals surface area contributed by atoms with E-state index >= 15 is 0 Å². The molecule has 4 rings (SSSR count). The average Bonchev–Trinajstić information content (AvgIpc) is 3.39. The zero-order valence-corrected chi connectivity index (χ0v) is 20.4. The molecule has 4 heterocycles. The smallest absolute Gasteiger partial charge is 0.410 e. The first-order chi connectivity index (χ1) is 15.5. The monoisotopic (exact) mass is 490 g/mol. The summed E-state index contributed by atoms with van der Waals surface area (Å²) in [5.74, 6) is 0. The van der Waals surface area contributed by atoms with Crippen molar-refractivity contribution < 1.29 is 9.53 Å². The maximum Gasteiger partial charge on any atom is 0.410 e. The third kappa shape index (κ3) is 6.83. The molecular weight excluding hydrogens is 463 g/mol. The fraction of sp³-hybridized carbons (Fsp3) is 0.348. The van der Waals surface area contributed by atoms with E-state index in [1.807, 2.05) is 26.8 Å². The summed E-state index contributed by atoms with van der Waals surface area (Å²) in [4.78, 5) is 22.0. The summed E-state index contributed by atoms with van der Waals surface area (Å²) in [5, 5.41) is 4.30. The molecule has 2 aromatic rings. The molecule has 1 amide bonds. The van der Waals surface area contributed by atoms with Crippen molar-refractivity contribution in [3.63, 3.8) is 0 Å². The molecule has 0 fully saturated rings. The Morgan fingerprint density at radius 2 is 1.61 bits per heavy atom. The Bertz CT molecular complexity index is 1090. The summed E-state index contributed by atoms with van der Waals surface area (Å²) in [5.41, 5.74) is 15.3. The van der Waals surface area contributed by atoms with E-state index in [1.165, 1.54) is 0 Å². The molecule has 0 saturated carbocycles. The molecule has 0 aromatic carbocycles. The molecule has 0 atom stereocenters. The van der Waals surface area contributed by atoms with Crippen molar-refractivity contribution in [2.45, 2.75) is 26.4 Å². The van der Waals surface area contributed by atoms with Gasteiger partial charge in [0.25, 0.3) is 0 Å². The van der Waals surface area contributed by atoms with Crippen LogP contribution in [0.15, 0.2) is 36.7 Å². The summed E-state index contributed by atoms with van der Waals surface area (Å²) in [6.07, 6.45) is 6.85. The Hall–Kier alpha value is -2.81. The first-order valence-corrected chi connectivity index (χ1v) is 11.2. The number of nitrogens with two attached hydrogens (primary N) is 2. The lowest BCUT2D eigenvalue weighted by atomic mass is 10.2. The number of rotatable bonds is 2. The Morgan fingerprint density at radius 1 is 1.03 bits per heavy atom. The molecule has 2 aliphatic heterocycles. The largest absolute Gasteiger partial charge is 0.444 e. The van der Waals surface area contributed by atoms with E-state index in [2.05, 4.69) is 21.4 Å². The second kappa shape index (κ2) is 10.4. The third-order valence-electron chi connectivity index (χ3n) is 4.71. The van der Waals surface area contributed by atoms with Gasteiger partial charge < -0.3 is 26.4 Å². The molecule has 0 unspecified atom stereocenters. The fourth-order valence-corrected chi connectivity index (χ4v) is 3.82. The molecule has 0 radical (unpaired) electrons. The van der Waals surface area contributed by atoms with Gasteiger partial charge in [0.15, 0.2) is 0 Å². The quantitative estimate of drug-likeness (QED) is 0.575.